The lowest BCUT2D eigenvalue weighted by atomic mass is 9.89. The predicted octanol–water partition coefficient (Wildman–Crippen LogP) is 4.93. The first-order valence-corrected chi connectivity index (χ1v) is 13.3. The maximum atomic E-state index is 13.3. The van der Waals surface area contributed by atoms with Gasteiger partial charge in [0.05, 0.1) is 10.9 Å². The first-order chi connectivity index (χ1) is 15.4. The van der Waals surface area contributed by atoms with Gasteiger partial charge in [-0.1, -0.05) is 37.1 Å². The fourth-order valence-electron chi connectivity index (χ4n) is 4.83. The summed E-state index contributed by atoms with van der Waals surface area (Å²) in [4.78, 5) is 13.3. The van der Waals surface area contributed by atoms with Gasteiger partial charge in [-0.2, -0.15) is 4.31 Å². The minimum absolute atomic E-state index is 0.151. The Bertz CT molecular complexity index is 1090. The molecule has 0 bridgehead atoms. The maximum absolute atomic E-state index is 13.3. The first-order valence-electron chi connectivity index (χ1n) is 11.9. The zero-order valence-corrected chi connectivity index (χ0v) is 20.0. The Labute approximate surface area is 192 Å². The number of carbonyl (C=O) groups excluding carboxylic acids is 1. The zero-order chi connectivity index (χ0) is 22.7. The molecule has 6 heteroatoms. The quantitative estimate of drug-likeness (QED) is 0.697. The SMILES string of the molecule is Cc1ccc(C(=O)NC(C)c2ccc3c(c2)CCCC3)cc1S(=O)(=O)N1CCCCCC1. The van der Waals surface area contributed by atoms with E-state index < -0.39 is 10.0 Å². The van der Waals surface area contributed by atoms with E-state index in [-0.39, 0.29) is 16.8 Å². The fraction of sp³-hybridized carbons (Fsp3) is 0.500. The number of amides is 1. The number of nitrogens with one attached hydrogen (secondary N) is 1. The van der Waals surface area contributed by atoms with Crippen LogP contribution in [0.2, 0.25) is 0 Å². The topological polar surface area (TPSA) is 66.5 Å². The first kappa shape index (κ1) is 23.0. The summed E-state index contributed by atoms with van der Waals surface area (Å²) in [5.41, 5.74) is 4.95. The van der Waals surface area contributed by atoms with Crippen molar-refractivity contribution in [3.05, 3.63) is 64.2 Å². The summed E-state index contributed by atoms with van der Waals surface area (Å²) in [7, 11) is -3.61. The third kappa shape index (κ3) is 4.91. The lowest BCUT2D eigenvalue weighted by molar-refractivity contribution is 0.0939. The third-order valence-electron chi connectivity index (χ3n) is 6.85. The van der Waals surface area contributed by atoms with Gasteiger partial charge in [0.25, 0.3) is 5.91 Å². The molecule has 1 unspecified atom stereocenters. The van der Waals surface area contributed by atoms with E-state index in [1.807, 2.05) is 6.92 Å². The second-order valence-electron chi connectivity index (χ2n) is 9.23. The molecule has 0 spiro atoms. The van der Waals surface area contributed by atoms with Gasteiger partial charge in [-0.15, -0.1) is 0 Å². The number of benzene rings is 2. The Morgan fingerprint density at radius 2 is 1.59 bits per heavy atom. The average Bonchev–Trinajstić information content (AvgIpc) is 3.09. The molecule has 4 rings (SSSR count). The summed E-state index contributed by atoms with van der Waals surface area (Å²) in [5.74, 6) is -0.248. The molecule has 1 aliphatic heterocycles. The molecule has 1 amide bonds. The summed E-state index contributed by atoms with van der Waals surface area (Å²) < 4.78 is 28.2. The fourth-order valence-corrected chi connectivity index (χ4v) is 6.59. The number of hydrogen-bond acceptors (Lipinski definition) is 3. The lowest BCUT2D eigenvalue weighted by Crippen LogP contribution is -2.33. The number of sulfonamides is 1. The smallest absolute Gasteiger partial charge is 0.251 e. The van der Waals surface area contributed by atoms with Crippen molar-refractivity contribution in [3.8, 4) is 0 Å². The highest BCUT2D eigenvalue weighted by molar-refractivity contribution is 7.89. The van der Waals surface area contributed by atoms with Crippen LogP contribution in [0.4, 0.5) is 0 Å². The van der Waals surface area contributed by atoms with Crippen molar-refractivity contribution < 1.29 is 13.2 Å². The molecule has 5 nitrogen and oxygen atoms in total. The minimum atomic E-state index is -3.61. The van der Waals surface area contributed by atoms with Crippen molar-refractivity contribution in [3.63, 3.8) is 0 Å². The molecule has 2 aromatic carbocycles. The molecule has 1 N–H and O–H groups in total. The van der Waals surface area contributed by atoms with Crippen LogP contribution in [-0.2, 0) is 22.9 Å². The molecule has 1 heterocycles. The molecule has 1 atom stereocenters. The van der Waals surface area contributed by atoms with Crippen LogP contribution < -0.4 is 5.32 Å². The van der Waals surface area contributed by atoms with E-state index >= 15 is 0 Å². The van der Waals surface area contributed by atoms with Crippen LogP contribution in [-0.4, -0.2) is 31.7 Å². The predicted molar refractivity (Wildman–Crippen MR) is 127 cm³/mol. The van der Waals surface area contributed by atoms with Crippen molar-refractivity contribution in [1.29, 1.82) is 0 Å². The van der Waals surface area contributed by atoms with Crippen LogP contribution in [0.5, 0.6) is 0 Å². The Hall–Kier alpha value is -2.18. The van der Waals surface area contributed by atoms with Gasteiger partial charge in [-0.05, 0) is 86.8 Å². The van der Waals surface area contributed by atoms with Crippen molar-refractivity contribution in [2.75, 3.05) is 13.1 Å². The monoisotopic (exact) mass is 454 g/mol. The highest BCUT2D eigenvalue weighted by Crippen LogP contribution is 2.26. The number of rotatable bonds is 5. The Morgan fingerprint density at radius 3 is 2.31 bits per heavy atom. The summed E-state index contributed by atoms with van der Waals surface area (Å²) in [6.45, 7) is 4.87. The molecule has 0 saturated carbocycles. The molecule has 2 aromatic rings. The molecule has 2 aliphatic rings. The zero-order valence-electron chi connectivity index (χ0n) is 19.2. The molecule has 0 radical (unpaired) electrons. The second-order valence-corrected chi connectivity index (χ2v) is 11.1. The standard InChI is InChI=1S/C26H34N2O3S/c1-19-11-12-24(18-25(19)32(30,31)28-15-7-3-4-8-16-28)26(29)27-20(2)22-14-13-21-9-5-6-10-23(21)17-22/h11-14,17-18,20H,3-10,15-16H2,1-2H3,(H,27,29). The summed E-state index contributed by atoms with van der Waals surface area (Å²) in [6.07, 6.45) is 8.59. The van der Waals surface area contributed by atoms with E-state index in [0.717, 1.165) is 44.1 Å². The molecule has 1 aliphatic carbocycles. The summed E-state index contributed by atoms with van der Waals surface area (Å²) in [5, 5.41) is 3.06. The van der Waals surface area contributed by atoms with Crippen molar-refractivity contribution >= 4 is 15.9 Å². The van der Waals surface area contributed by atoms with Gasteiger partial charge >= 0.3 is 0 Å². The van der Waals surface area contributed by atoms with Crippen LogP contribution in [0, 0.1) is 6.92 Å². The highest BCUT2D eigenvalue weighted by Gasteiger charge is 2.27. The number of carbonyl (C=O) groups is 1. The average molecular weight is 455 g/mol. The molecule has 172 valence electrons. The van der Waals surface area contributed by atoms with Gasteiger partial charge in [0.15, 0.2) is 0 Å². The van der Waals surface area contributed by atoms with Crippen molar-refractivity contribution in [2.45, 2.75) is 76.2 Å². The molecule has 0 aromatic heterocycles. The van der Waals surface area contributed by atoms with Crippen LogP contribution in [0.1, 0.15) is 84.1 Å². The largest absolute Gasteiger partial charge is 0.346 e. The number of hydrogen-bond donors (Lipinski definition) is 1. The van der Waals surface area contributed by atoms with E-state index in [4.69, 9.17) is 0 Å². The van der Waals surface area contributed by atoms with E-state index in [1.54, 1.807) is 29.4 Å². The molecular formula is C26H34N2O3S. The number of nitrogens with zero attached hydrogens (tertiary/aromatic N) is 1. The van der Waals surface area contributed by atoms with Crippen LogP contribution in [0.25, 0.3) is 0 Å². The van der Waals surface area contributed by atoms with Crippen LogP contribution >= 0.6 is 0 Å². The van der Waals surface area contributed by atoms with Gasteiger partial charge in [-0.3, -0.25) is 4.79 Å². The number of fused-ring (bicyclic) bond motifs is 1. The molecular weight excluding hydrogens is 420 g/mol. The number of aryl methyl sites for hydroxylation is 3. The van der Waals surface area contributed by atoms with Crippen LogP contribution in [0.3, 0.4) is 0 Å². The van der Waals surface area contributed by atoms with Gasteiger partial charge in [0.1, 0.15) is 0 Å². The van der Waals surface area contributed by atoms with E-state index in [2.05, 4.69) is 23.5 Å². The third-order valence-corrected chi connectivity index (χ3v) is 8.89. The second kappa shape index (κ2) is 9.75. The molecule has 1 saturated heterocycles. The highest BCUT2D eigenvalue weighted by atomic mass is 32.2. The Kier molecular flexibility index (Phi) is 7.01. The lowest BCUT2D eigenvalue weighted by Gasteiger charge is -2.22. The van der Waals surface area contributed by atoms with Gasteiger partial charge < -0.3 is 5.32 Å². The Balaban J connectivity index is 1.53. The molecule has 32 heavy (non-hydrogen) atoms. The minimum Gasteiger partial charge on any atom is -0.346 e. The van der Waals surface area contributed by atoms with Gasteiger partial charge in [0, 0.05) is 18.7 Å². The molecule has 1 fully saturated rings. The van der Waals surface area contributed by atoms with E-state index in [9.17, 15) is 13.2 Å². The maximum Gasteiger partial charge on any atom is 0.251 e. The van der Waals surface area contributed by atoms with Crippen molar-refractivity contribution in [2.24, 2.45) is 0 Å². The summed E-state index contributed by atoms with van der Waals surface area (Å²) in [6, 6.07) is 11.3. The van der Waals surface area contributed by atoms with E-state index in [1.165, 1.54) is 24.0 Å². The normalized spacial score (nSPS) is 18.4. The summed E-state index contributed by atoms with van der Waals surface area (Å²) >= 11 is 0. The van der Waals surface area contributed by atoms with Gasteiger partial charge in [-0.25, -0.2) is 8.42 Å². The van der Waals surface area contributed by atoms with Gasteiger partial charge in [0.2, 0.25) is 10.0 Å². The van der Waals surface area contributed by atoms with Crippen LogP contribution in [0.15, 0.2) is 41.3 Å². The van der Waals surface area contributed by atoms with E-state index in [0.29, 0.717) is 24.2 Å². The van der Waals surface area contributed by atoms with Crippen molar-refractivity contribution in [1.82, 2.24) is 9.62 Å². The Morgan fingerprint density at radius 1 is 0.906 bits per heavy atom.